The van der Waals surface area contributed by atoms with E-state index in [2.05, 4.69) is 22.8 Å². The van der Waals surface area contributed by atoms with Gasteiger partial charge < -0.3 is 15.7 Å². The molecule has 160 valence electrons. The highest BCUT2D eigenvalue weighted by molar-refractivity contribution is 5.96. The zero-order valence-corrected chi connectivity index (χ0v) is 17.4. The van der Waals surface area contributed by atoms with Gasteiger partial charge in [-0.2, -0.15) is 0 Å². The molecule has 0 unspecified atom stereocenters. The van der Waals surface area contributed by atoms with E-state index in [4.69, 9.17) is 4.98 Å². The average Bonchev–Trinajstić information content (AvgIpc) is 2.77. The number of carboxylic acid groups (broad SMARTS) is 1. The number of carbonyl (C=O) groups is 2. The summed E-state index contributed by atoms with van der Waals surface area (Å²) in [6, 6.07) is 12.2. The predicted molar refractivity (Wildman–Crippen MR) is 118 cm³/mol. The number of unbranched alkanes of at least 4 members (excludes halogenated alkanes) is 4. The number of amides is 1. The number of carboxylic acids is 1. The van der Waals surface area contributed by atoms with Crippen molar-refractivity contribution in [1.82, 2.24) is 10.3 Å². The summed E-state index contributed by atoms with van der Waals surface area (Å²) in [5.74, 6) is -0.266. The fraction of sp³-hybridized carbons (Fsp3) is 0.458. The minimum absolute atomic E-state index is 0.338. The van der Waals surface area contributed by atoms with Crippen LogP contribution in [0.4, 0.5) is 5.82 Å². The number of pyridine rings is 1. The standard InChI is InChI=1S/C24H31N3O3/c28-23(19-10-5-4-6-11-19)27-21(24(29)30)14-8-3-1-2-7-13-20-16-15-18-12-9-17-25-22(18)26-20/h4-6,10-11,15-16,21H,1-3,7-9,12-14,17H2,(H,25,26)(H,27,28)(H,29,30)/t21-/m0/s1. The monoisotopic (exact) mass is 409 g/mol. The minimum Gasteiger partial charge on any atom is -0.480 e. The Bertz CT molecular complexity index is 839. The van der Waals surface area contributed by atoms with Crippen LogP contribution in [-0.2, 0) is 17.6 Å². The Kier molecular flexibility index (Phi) is 8.24. The maximum absolute atomic E-state index is 12.2. The van der Waals surface area contributed by atoms with Crippen molar-refractivity contribution in [3.8, 4) is 0 Å². The van der Waals surface area contributed by atoms with Crippen molar-refractivity contribution in [3.63, 3.8) is 0 Å². The van der Waals surface area contributed by atoms with Gasteiger partial charge in [0.05, 0.1) is 0 Å². The lowest BCUT2D eigenvalue weighted by Crippen LogP contribution is -2.40. The highest BCUT2D eigenvalue weighted by atomic mass is 16.4. The molecule has 3 N–H and O–H groups in total. The fourth-order valence-corrected chi connectivity index (χ4v) is 3.78. The molecule has 1 amide bonds. The fourth-order valence-electron chi connectivity index (χ4n) is 3.78. The van der Waals surface area contributed by atoms with E-state index in [1.165, 1.54) is 12.0 Å². The van der Waals surface area contributed by atoms with E-state index in [1.807, 2.05) is 6.07 Å². The van der Waals surface area contributed by atoms with E-state index >= 15 is 0 Å². The zero-order chi connectivity index (χ0) is 21.2. The Morgan fingerprint density at radius 3 is 2.60 bits per heavy atom. The van der Waals surface area contributed by atoms with Crippen LogP contribution >= 0.6 is 0 Å². The minimum atomic E-state index is -0.980. The van der Waals surface area contributed by atoms with Crippen molar-refractivity contribution in [1.29, 1.82) is 0 Å². The van der Waals surface area contributed by atoms with Gasteiger partial charge in [0, 0.05) is 17.8 Å². The molecule has 0 spiro atoms. The highest BCUT2D eigenvalue weighted by Crippen LogP contribution is 2.20. The van der Waals surface area contributed by atoms with Gasteiger partial charge in [0.25, 0.3) is 5.91 Å². The second-order valence-corrected chi connectivity index (χ2v) is 7.88. The van der Waals surface area contributed by atoms with E-state index in [0.717, 1.165) is 63.0 Å². The maximum Gasteiger partial charge on any atom is 0.326 e. The van der Waals surface area contributed by atoms with Crippen LogP contribution in [-0.4, -0.2) is 34.6 Å². The quantitative estimate of drug-likeness (QED) is 0.484. The number of carbonyl (C=O) groups excluding carboxylic acids is 1. The smallest absolute Gasteiger partial charge is 0.326 e. The molecule has 30 heavy (non-hydrogen) atoms. The Morgan fingerprint density at radius 1 is 1.03 bits per heavy atom. The number of anilines is 1. The van der Waals surface area contributed by atoms with Gasteiger partial charge >= 0.3 is 5.97 Å². The first-order valence-electron chi connectivity index (χ1n) is 10.9. The second kappa shape index (κ2) is 11.3. The number of hydrogen-bond donors (Lipinski definition) is 3. The van der Waals surface area contributed by atoms with E-state index in [9.17, 15) is 14.7 Å². The number of aromatic nitrogens is 1. The average molecular weight is 410 g/mol. The van der Waals surface area contributed by atoms with Crippen LogP contribution in [0.15, 0.2) is 42.5 Å². The van der Waals surface area contributed by atoms with Gasteiger partial charge in [-0.15, -0.1) is 0 Å². The molecule has 1 aliphatic heterocycles. The van der Waals surface area contributed by atoms with Crippen molar-refractivity contribution in [2.75, 3.05) is 11.9 Å². The molecule has 0 saturated carbocycles. The van der Waals surface area contributed by atoms with Gasteiger partial charge in [-0.05, 0) is 55.9 Å². The summed E-state index contributed by atoms with van der Waals surface area (Å²) >= 11 is 0. The molecule has 6 nitrogen and oxygen atoms in total. The number of fused-ring (bicyclic) bond motifs is 1. The zero-order valence-electron chi connectivity index (χ0n) is 17.4. The van der Waals surface area contributed by atoms with Gasteiger partial charge in [-0.3, -0.25) is 4.79 Å². The first kappa shape index (κ1) is 21.8. The van der Waals surface area contributed by atoms with Gasteiger partial charge in [-0.1, -0.05) is 49.9 Å². The summed E-state index contributed by atoms with van der Waals surface area (Å²) < 4.78 is 0. The van der Waals surface area contributed by atoms with E-state index < -0.39 is 12.0 Å². The van der Waals surface area contributed by atoms with Crippen molar-refractivity contribution in [2.24, 2.45) is 0 Å². The molecule has 0 aliphatic carbocycles. The van der Waals surface area contributed by atoms with Crippen LogP contribution in [0.5, 0.6) is 0 Å². The van der Waals surface area contributed by atoms with Crippen molar-refractivity contribution in [3.05, 3.63) is 59.3 Å². The van der Waals surface area contributed by atoms with Crippen molar-refractivity contribution < 1.29 is 14.7 Å². The summed E-state index contributed by atoms with van der Waals surface area (Å²) in [6.45, 7) is 1.01. The lowest BCUT2D eigenvalue weighted by Gasteiger charge is -2.17. The molecule has 2 heterocycles. The topological polar surface area (TPSA) is 91.3 Å². The van der Waals surface area contributed by atoms with E-state index in [1.54, 1.807) is 24.3 Å². The van der Waals surface area contributed by atoms with Gasteiger partial charge in [0.15, 0.2) is 0 Å². The number of aryl methyl sites for hydroxylation is 2. The summed E-state index contributed by atoms with van der Waals surface area (Å²) in [4.78, 5) is 28.4. The molecule has 1 aromatic heterocycles. The second-order valence-electron chi connectivity index (χ2n) is 7.88. The SMILES string of the molecule is O=C(N[C@@H](CCCCCCCc1ccc2c(n1)NCCC2)C(=O)O)c1ccccc1. The van der Waals surface area contributed by atoms with Crippen LogP contribution in [0.1, 0.15) is 66.6 Å². The summed E-state index contributed by atoms with van der Waals surface area (Å²) in [7, 11) is 0. The molecule has 0 bridgehead atoms. The molecule has 2 aromatic rings. The molecule has 6 heteroatoms. The molecule has 1 aromatic carbocycles. The molecule has 1 atom stereocenters. The number of nitrogens with one attached hydrogen (secondary N) is 2. The number of rotatable bonds is 11. The maximum atomic E-state index is 12.2. The van der Waals surface area contributed by atoms with Crippen molar-refractivity contribution >= 4 is 17.7 Å². The Labute approximate surface area is 178 Å². The predicted octanol–water partition coefficient (Wildman–Crippen LogP) is 4.21. The largest absolute Gasteiger partial charge is 0.480 e. The van der Waals surface area contributed by atoms with Crippen LogP contribution in [0.25, 0.3) is 0 Å². The van der Waals surface area contributed by atoms with E-state index in [0.29, 0.717) is 12.0 Å². The molecule has 3 rings (SSSR count). The highest BCUT2D eigenvalue weighted by Gasteiger charge is 2.20. The third-order valence-electron chi connectivity index (χ3n) is 5.52. The lowest BCUT2D eigenvalue weighted by molar-refractivity contribution is -0.139. The molecular weight excluding hydrogens is 378 g/mol. The number of nitrogens with zero attached hydrogens (tertiary/aromatic N) is 1. The van der Waals surface area contributed by atoms with Crippen LogP contribution in [0, 0.1) is 0 Å². The van der Waals surface area contributed by atoms with Crippen molar-refractivity contribution in [2.45, 2.75) is 63.8 Å². The van der Waals surface area contributed by atoms with Crippen LogP contribution < -0.4 is 10.6 Å². The summed E-state index contributed by atoms with van der Waals surface area (Å²) in [5.41, 5.74) is 2.93. The first-order valence-corrected chi connectivity index (χ1v) is 10.9. The van der Waals surface area contributed by atoms with Gasteiger partial charge in [0.1, 0.15) is 11.9 Å². The Balaban J connectivity index is 1.31. The molecule has 0 saturated heterocycles. The van der Waals surface area contributed by atoms with Crippen LogP contribution in [0.2, 0.25) is 0 Å². The number of benzene rings is 1. The Hall–Kier alpha value is -2.89. The Morgan fingerprint density at radius 2 is 1.80 bits per heavy atom. The molecular formula is C24H31N3O3. The lowest BCUT2D eigenvalue weighted by atomic mass is 10.0. The molecule has 0 radical (unpaired) electrons. The molecule has 0 fully saturated rings. The molecule has 1 aliphatic rings. The number of hydrogen-bond acceptors (Lipinski definition) is 4. The third kappa shape index (κ3) is 6.58. The van der Waals surface area contributed by atoms with Crippen LogP contribution in [0.3, 0.4) is 0 Å². The van der Waals surface area contributed by atoms with Gasteiger partial charge in [0.2, 0.25) is 0 Å². The van der Waals surface area contributed by atoms with Gasteiger partial charge in [-0.25, -0.2) is 9.78 Å². The summed E-state index contributed by atoms with van der Waals surface area (Å²) in [5, 5.41) is 15.4. The summed E-state index contributed by atoms with van der Waals surface area (Å²) in [6.07, 6.45) is 8.69. The normalized spacial score (nSPS) is 13.7. The first-order chi connectivity index (χ1) is 14.6. The van der Waals surface area contributed by atoms with E-state index in [-0.39, 0.29) is 5.91 Å². The third-order valence-corrected chi connectivity index (χ3v) is 5.52. The number of aliphatic carboxylic acids is 1.